The van der Waals surface area contributed by atoms with Gasteiger partial charge in [-0.1, -0.05) is 42.5 Å². The number of rotatable bonds is 4. The fourth-order valence-corrected chi connectivity index (χ4v) is 2.69. The van der Waals surface area contributed by atoms with Gasteiger partial charge in [0.25, 0.3) is 0 Å². The van der Waals surface area contributed by atoms with Crippen molar-refractivity contribution >= 4 is 0 Å². The van der Waals surface area contributed by atoms with Crippen LogP contribution in [-0.2, 0) is 0 Å². The van der Waals surface area contributed by atoms with Gasteiger partial charge in [0, 0.05) is 12.5 Å². The van der Waals surface area contributed by atoms with Gasteiger partial charge in [0.15, 0.2) is 11.6 Å². The van der Waals surface area contributed by atoms with Gasteiger partial charge < -0.3 is 10.1 Å². The van der Waals surface area contributed by atoms with E-state index in [9.17, 15) is 4.39 Å². The molecule has 2 aromatic rings. The second-order valence-corrected chi connectivity index (χ2v) is 5.13. The number of hydrogen-bond acceptors (Lipinski definition) is 2. The van der Waals surface area contributed by atoms with Crippen LogP contribution in [-0.4, -0.2) is 13.1 Å². The summed E-state index contributed by atoms with van der Waals surface area (Å²) >= 11 is 0. The summed E-state index contributed by atoms with van der Waals surface area (Å²) in [6.07, 6.45) is 0.941. The fourth-order valence-electron chi connectivity index (χ4n) is 2.69. The van der Waals surface area contributed by atoms with Gasteiger partial charge in [-0.2, -0.15) is 0 Å². The molecule has 3 heteroatoms. The molecular formula is C17H18FNO. The van der Waals surface area contributed by atoms with Crippen molar-refractivity contribution in [2.75, 3.05) is 13.1 Å². The summed E-state index contributed by atoms with van der Waals surface area (Å²) in [5, 5.41) is 3.35. The Hall–Kier alpha value is -1.87. The van der Waals surface area contributed by atoms with Crippen LogP contribution in [0.4, 0.5) is 4.39 Å². The van der Waals surface area contributed by atoms with Crippen molar-refractivity contribution in [3.63, 3.8) is 0 Å². The van der Waals surface area contributed by atoms with Gasteiger partial charge in [-0.15, -0.1) is 0 Å². The van der Waals surface area contributed by atoms with Crippen molar-refractivity contribution in [3.8, 4) is 5.75 Å². The first-order chi connectivity index (χ1) is 9.84. The standard InChI is InChI=1S/C17H18FNO/c18-15-8-4-5-9-16(15)20-17(14-10-11-19-12-14)13-6-2-1-3-7-13/h1-9,14,17,19H,10-12H2/t14-,17-/m0/s1. The van der Waals surface area contributed by atoms with E-state index >= 15 is 0 Å². The second-order valence-electron chi connectivity index (χ2n) is 5.13. The zero-order valence-corrected chi connectivity index (χ0v) is 11.3. The maximum absolute atomic E-state index is 13.8. The number of hydrogen-bond donors (Lipinski definition) is 1. The summed E-state index contributed by atoms with van der Waals surface area (Å²) in [4.78, 5) is 0. The van der Waals surface area contributed by atoms with Crippen molar-refractivity contribution in [1.82, 2.24) is 5.32 Å². The molecule has 0 unspecified atom stereocenters. The van der Waals surface area contributed by atoms with Crippen LogP contribution in [0.2, 0.25) is 0 Å². The highest BCUT2D eigenvalue weighted by Crippen LogP contribution is 2.32. The number of benzene rings is 2. The van der Waals surface area contributed by atoms with Gasteiger partial charge in [-0.05, 0) is 30.7 Å². The molecule has 1 fully saturated rings. The first kappa shape index (κ1) is 13.1. The average Bonchev–Trinajstić information content (AvgIpc) is 3.01. The van der Waals surface area contributed by atoms with Crippen molar-refractivity contribution in [2.24, 2.45) is 5.92 Å². The minimum Gasteiger partial charge on any atom is -0.482 e. The van der Waals surface area contributed by atoms with Crippen LogP contribution in [0.3, 0.4) is 0 Å². The lowest BCUT2D eigenvalue weighted by Crippen LogP contribution is -2.21. The molecule has 1 saturated heterocycles. The molecule has 1 aliphatic heterocycles. The lowest BCUT2D eigenvalue weighted by Gasteiger charge is -2.25. The van der Waals surface area contributed by atoms with Crippen LogP contribution in [0.1, 0.15) is 18.1 Å². The third kappa shape index (κ3) is 2.83. The zero-order chi connectivity index (χ0) is 13.8. The Kier molecular flexibility index (Phi) is 3.97. The fraction of sp³-hybridized carbons (Fsp3) is 0.294. The largest absolute Gasteiger partial charge is 0.482 e. The SMILES string of the molecule is Fc1ccccc1O[C@@H](c1ccccc1)[C@H]1CCNC1. The molecule has 1 N–H and O–H groups in total. The molecule has 104 valence electrons. The second kappa shape index (κ2) is 6.06. The van der Waals surface area contributed by atoms with E-state index in [1.807, 2.05) is 30.3 Å². The van der Waals surface area contributed by atoms with E-state index in [4.69, 9.17) is 4.74 Å². The molecule has 2 atom stereocenters. The first-order valence-corrected chi connectivity index (χ1v) is 7.01. The Balaban J connectivity index is 1.88. The lowest BCUT2D eigenvalue weighted by atomic mass is 9.95. The predicted octanol–water partition coefficient (Wildman–Crippen LogP) is 3.56. The molecule has 0 spiro atoms. The predicted molar refractivity (Wildman–Crippen MR) is 77.2 cm³/mol. The molecular weight excluding hydrogens is 253 g/mol. The van der Waals surface area contributed by atoms with Gasteiger partial charge in [0.05, 0.1) is 0 Å². The minimum atomic E-state index is -0.306. The highest BCUT2D eigenvalue weighted by atomic mass is 19.1. The molecule has 3 rings (SSSR count). The monoisotopic (exact) mass is 271 g/mol. The summed E-state index contributed by atoms with van der Waals surface area (Å²) in [6.45, 7) is 1.91. The zero-order valence-electron chi connectivity index (χ0n) is 11.3. The van der Waals surface area contributed by atoms with Crippen molar-refractivity contribution < 1.29 is 9.13 Å². The van der Waals surface area contributed by atoms with Crippen LogP contribution >= 0.6 is 0 Å². The van der Waals surface area contributed by atoms with E-state index < -0.39 is 0 Å². The van der Waals surface area contributed by atoms with Gasteiger partial charge >= 0.3 is 0 Å². The van der Waals surface area contributed by atoms with E-state index in [0.29, 0.717) is 11.7 Å². The first-order valence-electron chi connectivity index (χ1n) is 7.01. The molecule has 2 aromatic carbocycles. The Morgan fingerprint density at radius 3 is 2.50 bits per heavy atom. The van der Waals surface area contributed by atoms with E-state index in [2.05, 4.69) is 5.32 Å². The summed E-state index contributed by atoms with van der Waals surface area (Å²) in [6, 6.07) is 16.7. The van der Waals surface area contributed by atoms with Crippen LogP contribution in [0.25, 0.3) is 0 Å². The molecule has 0 aliphatic carbocycles. The quantitative estimate of drug-likeness (QED) is 0.918. The molecule has 0 aromatic heterocycles. The topological polar surface area (TPSA) is 21.3 Å². The summed E-state index contributed by atoms with van der Waals surface area (Å²) in [5.41, 5.74) is 1.10. The highest BCUT2D eigenvalue weighted by Gasteiger charge is 2.28. The van der Waals surface area contributed by atoms with Crippen molar-refractivity contribution in [3.05, 3.63) is 66.0 Å². The molecule has 2 nitrogen and oxygen atoms in total. The van der Waals surface area contributed by atoms with E-state index in [1.54, 1.807) is 18.2 Å². The Morgan fingerprint density at radius 1 is 1.05 bits per heavy atom. The maximum Gasteiger partial charge on any atom is 0.165 e. The van der Waals surface area contributed by atoms with Crippen LogP contribution in [0, 0.1) is 11.7 Å². The van der Waals surface area contributed by atoms with E-state index in [1.165, 1.54) is 6.07 Å². The van der Waals surface area contributed by atoms with Crippen LogP contribution in [0.5, 0.6) is 5.75 Å². The van der Waals surface area contributed by atoms with Gasteiger partial charge in [-0.3, -0.25) is 0 Å². The number of para-hydroxylation sites is 1. The normalized spacial score (nSPS) is 19.8. The Bertz CT molecular complexity index is 552. The third-order valence-corrected chi connectivity index (χ3v) is 3.75. The van der Waals surface area contributed by atoms with E-state index in [-0.39, 0.29) is 11.9 Å². The molecule has 1 aliphatic rings. The minimum absolute atomic E-state index is 0.108. The molecule has 0 amide bonds. The molecule has 20 heavy (non-hydrogen) atoms. The van der Waals surface area contributed by atoms with Crippen LogP contribution in [0.15, 0.2) is 54.6 Å². The summed E-state index contributed by atoms with van der Waals surface area (Å²) < 4.78 is 19.8. The molecule has 0 radical (unpaired) electrons. The third-order valence-electron chi connectivity index (χ3n) is 3.75. The molecule has 0 saturated carbocycles. The molecule has 0 bridgehead atoms. The van der Waals surface area contributed by atoms with E-state index in [0.717, 1.165) is 25.1 Å². The molecule has 1 heterocycles. The lowest BCUT2D eigenvalue weighted by molar-refractivity contribution is 0.138. The van der Waals surface area contributed by atoms with Crippen molar-refractivity contribution in [2.45, 2.75) is 12.5 Å². The van der Waals surface area contributed by atoms with Crippen LogP contribution < -0.4 is 10.1 Å². The summed E-state index contributed by atoms with van der Waals surface area (Å²) in [7, 11) is 0. The van der Waals surface area contributed by atoms with Gasteiger partial charge in [0.1, 0.15) is 6.10 Å². The number of ether oxygens (including phenoxy) is 1. The Morgan fingerprint density at radius 2 is 1.80 bits per heavy atom. The highest BCUT2D eigenvalue weighted by molar-refractivity contribution is 5.26. The van der Waals surface area contributed by atoms with Crippen molar-refractivity contribution in [1.29, 1.82) is 0 Å². The summed E-state index contributed by atoms with van der Waals surface area (Å²) in [5.74, 6) is 0.393. The maximum atomic E-state index is 13.8. The number of halogens is 1. The average molecular weight is 271 g/mol. The Labute approximate surface area is 118 Å². The smallest absolute Gasteiger partial charge is 0.165 e. The van der Waals surface area contributed by atoms with Gasteiger partial charge in [-0.25, -0.2) is 4.39 Å². The number of nitrogens with one attached hydrogen (secondary N) is 1. The van der Waals surface area contributed by atoms with Gasteiger partial charge in [0.2, 0.25) is 0 Å².